The lowest BCUT2D eigenvalue weighted by atomic mass is 9.75. The van der Waals surface area contributed by atoms with E-state index in [9.17, 15) is 14.4 Å². The predicted octanol–water partition coefficient (Wildman–Crippen LogP) is 2.94. The van der Waals surface area contributed by atoms with E-state index in [1.165, 1.54) is 12.0 Å². The Balaban J connectivity index is 1.52. The molecule has 2 fully saturated rings. The van der Waals surface area contributed by atoms with Crippen LogP contribution in [-0.4, -0.2) is 74.1 Å². The van der Waals surface area contributed by atoms with Crippen molar-refractivity contribution in [3.8, 4) is 5.75 Å². The predicted molar refractivity (Wildman–Crippen MR) is 133 cm³/mol. The molecule has 2 aliphatic heterocycles. The van der Waals surface area contributed by atoms with Crippen LogP contribution in [0.15, 0.2) is 54.6 Å². The Morgan fingerprint density at radius 1 is 1.08 bits per heavy atom. The van der Waals surface area contributed by atoms with Crippen molar-refractivity contribution in [3.05, 3.63) is 65.7 Å². The molecular formula is C28H34N2O6. The van der Waals surface area contributed by atoms with E-state index in [4.69, 9.17) is 14.2 Å². The molecule has 4 rings (SSSR count). The number of amides is 3. The molecule has 0 saturated carbocycles. The fourth-order valence-electron chi connectivity index (χ4n) is 5.06. The van der Waals surface area contributed by atoms with Crippen LogP contribution in [0.2, 0.25) is 0 Å². The van der Waals surface area contributed by atoms with Gasteiger partial charge < -0.3 is 19.1 Å². The quantitative estimate of drug-likeness (QED) is 0.472. The van der Waals surface area contributed by atoms with E-state index in [-0.39, 0.29) is 49.8 Å². The van der Waals surface area contributed by atoms with E-state index in [2.05, 4.69) is 0 Å². The summed E-state index contributed by atoms with van der Waals surface area (Å²) in [6.07, 6.45) is 1.48. The molecule has 192 valence electrons. The summed E-state index contributed by atoms with van der Waals surface area (Å²) >= 11 is 0. The lowest BCUT2D eigenvalue weighted by Gasteiger charge is -2.35. The van der Waals surface area contributed by atoms with Crippen molar-refractivity contribution in [1.82, 2.24) is 9.80 Å². The molecule has 2 aromatic rings. The second-order valence-electron chi connectivity index (χ2n) is 9.41. The Morgan fingerprint density at radius 3 is 2.64 bits per heavy atom. The van der Waals surface area contributed by atoms with Crippen LogP contribution in [0.4, 0.5) is 0 Å². The number of hydrogen-bond acceptors (Lipinski definition) is 6. The summed E-state index contributed by atoms with van der Waals surface area (Å²) in [4.78, 5) is 43.2. The van der Waals surface area contributed by atoms with Gasteiger partial charge >= 0.3 is 0 Å². The van der Waals surface area contributed by atoms with Gasteiger partial charge in [0.25, 0.3) is 0 Å². The summed E-state index contributed by atoms with van der Waals surface area (Å²) in [5.41, 5.74) is 0.431. The zero-order valence-corrected chi connectivity index (χ0v) is 21.0. The topological polar surface area (TPSA) is 85.4 Å². The minimum absolute atomic E-state index is 0.0593. The normalized spacial score (nSPS) is 22.2. The first kappa shape index (κ1) is 25.9. The fraction of sp³-hybridized carbons (Fsp3) is 0.464. The van der Waals surface area contributed by atoms with Gasteiger partial charge in [0.05, 0.1) is 38.4 Å². The molecule has 2 atom stereocenters. The maximum absolute atomic E-state index is 13.7. The fourth-order valence-corrected chi connectivity index (χ4v) is 5.06. The Morgan fingerprint density at radius 2 is 1.89 bits per heavy atom. The van der Waals surface area contributed by atoms with Crippen LogP contribution in [0.1, 0.15) is 36.8 Å². The van der Waals surface area contributed by atoms with E-state index in [1.54, 1.807) is 36.3 Å². The first-order valence-corrected chi connectivity index (χ1v) is 12.4. The van der Waals surface area contributed by atoms with Crippen molar-refractivity contribution in [1.29, 1.82) is 0 Å². The van der Waals surface area contributed by atoms with Gasteiger partial charge in [-0.1, -0.05) is 42.5 Å². The Labute approximate surface area is 212 Å². The van der Waals surface area contributed by atoms with Gasteiger partial charge in [-0.3, -0.25) is 19.3 Å². The number of nitrogens with zero attached hydrogens (tertiary/aromatic N) is 2. The van der Waals surface area contributed by atoms with Crippen molar-refractivity contribution >= 4 is 17.7 Å². The minimum atomic E-state index is -1.27. The molecule has 2 aliphatic rings. The second kappa shape index (κ2) is 11.7. The van der Waals surface area contributed by atoms with E-state index >= 15 is 0 Å². The number of methoxy groups -OCH3 is 2. The SMILES string of the molecule is COCCN1C(=O)CC(CC(=O)N2CCCC(OCc3ccccc3)C2)(c2cccc(OC)c2)C1=O. The summed E-state index contributed by atoms with van der Waals surface area (Å²) in [6, 6.07) is 17.1. The summed E-state index contributed by atoms with van der Waals surface area (Å²) < 4.78 is 16.6. The maximum atomic E-state index is 13.7. The molecule has 36 heavy (non-hydrogen) atoms. The number of hydrogen-bond donors (Lipinski definition) is 0. The number of likely N-dealkylation sites (tertiary alicyclic amines) is 2. The summed E-state index contributed by atoms with van der Waals surface area (Å²) in [6.45, 7) is 1.96. The molecule has 0 aliphatic carbocycles. The van der Waals surface area contributed by atoms with E-state index in [0.29, 0.717) is 31.0 Å². The first-order chi connectivity index (χ1) is 17.5. The van der Waals surface area contributed by atoms with E-state index < -0.39 is 5.41 Å². The summed E-state index contributed by atoms with van der Waals surface area (Å²) in [7, 11) is 3.07. The van der Waals surface area contributed by atoms with Gasteiger partial charge in [0, 0.05) is 33.0 Å². The van der Waals surface area contributed by atoms with E-state index in [0.717, 1.165) is 18.4 Å². The molecule has 2 aromatic carbocycles. The summed E-state index contributed by atoms with van der Waals surface area (Å²) in [5, 5.41) is 0. The number of carbonyl (C=O) groups excluding carboxylic acids is 3. The number of benzene rings is 2. The van der Waals surface area contributed by atoms with Gasteiger partial charge in [0.15, 0.2) is 0 Å². The lowest BCUT2D eigenvalue weighted by molar-refractivity contribution is -0.144. The van der Waals surface area contributed by atoms with Crippen LogP contribution >= 0.6 is 0 Å². The van der Waals surface area contributed by atoms with Crippen molar-refractivity contribution in [2.45, 2.75) is 43.8 Å². The second-order valence-corrected chi connectivity index (χ2v) is 9.41. The lowest BCUT2D eigenvalue weighted by Crippen LogP contribution is -2.47. The van der Waals surface area contributed by atoms with Gasteiger partial charge in [-0.05, 0) is 36.1 Å². The Kier molecular flexibility index (Phi) is 8.38. The number of piperidine rings is 1. The first-order valence-electron chi connectivity index (χ1n) is 12.4. The number of carbonyl (C=O) groups is 3. The average molecular weight is 495 g/mol. The largest absolute Gasteiger partial charge is 0.497 e. The molecule has 2 saturated heterocycles. The van der Waals surface area contributed by atoms with Crippen molar-refractivity contribution < 1.29 is 28.6 Å². The molecule has 0 aromatic heterocycles. The van der Waals surface area contributed by atoms with Crippen LogP contribution in [-0.2, 0) is 35.9 Å². The molecule has 0 radical (unpaired) electrons. The molecule has 8 heteroatoms. The third-order valence-corrected chi connectivity index (χ3v) is 7.06. The van der Waals surface area contributed by atoms with Gasteiger partial charge in [-0.15, -0.1) is 0 Å². The van der Waals surface area contributed by atoms with E-state index in [1.807, 2.05) is 30.3 Å². The van der Waals surface area contributed by atoms with Gasteiger partial charge in [-0.2, -0.15) is 0 Å². The molecule has 8 nitrogen and oxygen atoms in total. The van der Waals surface area contributed by atoms with Crippen molar-refractivity contribution in [2.24, 2.45) is 0 Å². The number of ether oxygens (including phenoxy) is 3. The Hall–Kier alpha value is -3.23. The monoisotopic (exact) mass is 494 g/mol. The average Bonchev–Trinajstić information content (AvgIpc) is 3.16. The van der Waals surface area contributed by atoms with Crippen molar-refractivity contribution in [2.75, 3.05) is 40.5 Å². The van der Waals surface area contributed by atoms with Crippen LogP contribution in [0.5, 0.6) is 5.75 Å². The van der Waals surface area contributed by atoms with Gasteiger partial charge in [-0.25, -0.2) is 0 Å². The van der Waals surface area contributed by atoms with Crippen molar-refractivity contribution in [3.63, 3.8) is 0 Å². The minimum Gasteiger partial charge on any atom is -0.497 e. The maximum Gasteiger partial charge on any atom is 0.240 e. The molecule has 2 heterocycles. The highest BCUT2D eigenvalue weighted by Gasteiger charge is 2.54. The number of rotatable bonds is 10. The van der Waals surface area contributed by atoms with Crippen LogP contribution in [0, 0.1) is 0 Å². The zero-order chi connectivity index (χ0) is 25.5. The third kappa shape index (κ3) is 5.60. The number of imide groups is 1. The molecule has 0 N–H and O–H groups in total. The molecule has 2 unspecified atom stereocenters. The van der Waals surface area contributed by atoms with Crippen LogP contribution in [0.25, 0.3) is 0 Å². The van der Waals surface area contributed by atoms with Gasteiger partial charge in [0.2, 0.25) is 17.7 Å². The molecule has 3 amide bonds. The zero-order valence-electron chi connectivity index (χ0n) is 21.0. The Bertz CT molecular complexity index is 1070. The highest BCUT2D eigenvalue weighted by atomic mass is 16.5. The summed E-state index contributed by atoms with van der Waals surface area (Å²) in [5.74, 6) is -0.238. The van der Waals surface area contributed by atoms with Crippen LogP contribution in [0.3, 0.4) is 0 Å². The highest BCUT2D eigenvalue weighted by Crippen LogP contribution is 2.41. The molecule has 0 bridgehead atoms. The highest BCUT2D eigenvalue weighted by molar-refractivity contribution is 6.10. The van der Waals surface area contributed by atoms with Crippen LogP contribution < -0.4 is 4.74 Å². The third-order valence-electron chi connectivity index (χ3n) is 7.06. The standard InChI is InChI=1S/C28H34N2O6/c1-34-15-14-30-26(32)18-28(27(30)33,22-10-6-11-23(16-22)35-2)17-25(31)29-13-7-12-24(19-29)36-20-21-8-4-3-5-9-21/h3-6,8-11,16,24H,7,12-15,17-20H2,1-2H3. The molecular weight excluding hydrogens is 460 g/mol. The molecule has 0 spiro atoms. The van der Waals surface area contributed by atoms with Gasteiger partial charge in [0.1, 0.15) is 5.75 Å². The smallest absolute Gasteiger partial charge is 0.240 e.